The molecule has 4 heteroatoms. The molecule has 26 heavy (non-hydrogen) atoms. The lowest BCUT2D eigenvalue weighted by Crippen LogP contribution is -2.31. The first-order valence-electron chi connectivity index (χ1n) is 9.58. The highest BCUT2D eigenvalue weighted by atomic mass is 16.3. The molecule has 0 spiro atoms. The van der Waals surface area contributed by atoms with Crippen LogP contribution in [0, 0.1) is 6.92 Å². The number of fused-ring (bicyclic) bond motifs is 2. The maximum absolute atomic E-state index is 5.60. The lowest BCUT2D eigenvalue weighted by Gasteiger charge is -2.21. The van der Waals surface area contributed by atoms with Gasteiger partial charge in [0, 0.05) is 0 Å². The molecule has 1 fully saturated rings. The zero-order valence-electron chi connectivity index (χ0n) is 15.4. The number of imidazole rings is 1. The Morgan fingerprint density at radius 1 is 1.08 bits per heavy atom. The Labute approximate surface area is 153 Å². The van der Waals surface area contributed by atoms with Crippen LogP contribution in [0.15, 0.2) is 47.2 Å². The van der Waals surface area contributed by atoms with E-state index in [1.54, 1.807) is 6.39 Å². The lowest BCUT2D eigenvalue weighted by molar-refractivity contribution is -0.634. The van der Waals surface area contributed by atoms with Crippen LogP contribution in [0.1, 0.15) is 43.7 Å². The van der Waals surface area contributed by atoms with E-state index in [2.05, 4.69) is 58.4 Å². The largest absolute Gasteiger partial charge is 0.443 e. The van der Waals surface area contributed by atoms with Crippen molar-refractivity contribution in [3.05, 3.63) is 48.4 Å². The number of nitrogens with zero attached hydrogens (tertiary/aromatic N) is 3. The fraction of sp³-hybridized carbons (Fsp3) is 0.364. The number of benzene rings is 2. The number of hydrogen-bond donors (Lipinski definition) is 0. The number of oxazole rings is 1. The summed E-state index contributed by atoms with van der Waals surface area (Å²) >= 11 is 0. The second-order valence-electron chi connectivity index (χ2n) is 7.49. The molecule has 0 radical (unpaired) electrons. The van der Waals surface area contributed by atoms with E-state index in [1.165, 1.54) is 60.1 Å². The van der Waals surface area contributed by atoms with Crippen molar-refractivity contribution in [2.45, 2.75) is 45.1 Å². The van der Waals surface area contributed by atoms with Crippen LogP contribution in [-0.4, -0.2) is 9.55 Å². The van der Waals surface area contributed by atoms with Gasteiger partial charge in [0.1, 0.15) is 11.6 Å². The van der Waals surface area contributed by atoms with Crippen LogP contribution in [0.5, 0.6) is 0 Å². The summed E-state index contributed by atoms with van der Waals surface area (Å²) in [5.74, 6) is 1.25. The van der Waals surface area contributed by atoms with Crippen molar-refractivity contribution < 1.29 is 8.98 Å². The molecule has 0 atom stereocenters. The van der Waals surface area contributed by atoms with Crippen molar-refractivity contribution in [1.82, 2.24) is 9.55 Å². The minimum absolute atomic E-state index is 0.548. The average molecular weight is 346 g/mol. The Bertz CT molecular complexity index is 1100. The highest BCUT2D eigenvalue weighted by Crippen LogP contribution is 2.37. The van der Waals surface area contributed by atoms with E-state index in [-0.39, 0.29) is 0 Å². The van der Waals surface area contributed by atoms with Crippen molar-refractivity contribution in [3.63, 3.8) is 0 Å². The van der Waals surface area contributed by atoms with Crippen molar-refractivity contribution in [2.75, 3.05) is 0 Å². The number of aryl methyl sites for hydroxylation is 2. The van der Waals surface area contributed by atoms with Gasteiger partial charge >= 0.3 is 0 Å². The maximum Gasteiger partial charge on any atom is 0.292 e. The van der Waals surface area contributed by atoms with E-state index in [0.717, 1.165) is 11.1 Å². The highest BCUT2D eigenvalue weighted by Gasteiger charge is 2.33. The fourth-order valence-electron chi connectivity index (χ4n) is 4.65. The van der Waals surface area contributed by atoms with Crippen LogP contribution in [0.25, 0.3) is 33.5 Å². The predicted molar refractivity (Wildman–Crippen MR) is 103 cm³/mol. The number of hydrogen-bond acceptors (Lipinski definition) is 2. The molecule has 4 nitrogen and oxygen atoms in total. The van der Waals surface area contributed by atoms with Gasteiger partial charge in [-0.15, -0.1) is 0 Å². The normalized spacial score (nSPS) is 15.9. The molecule has 2 aromatic carbocycles. The first-order chi connectivity index (χ1) is 12.8. The molecule has 0 unspecified atom stereocenters. The first-order valence-corrected chi connectivity index (χ1v) is 9.58. The minimum Gasteiger partial charge on any atom is -0.443 e. The summed E-state index contributed by atoms with van der Waals surface area (Å²) < 4.78 is 10.5. The first kappa shape index (κ1) is 15.6. The van der Waals surface area contributed by atoms with E-state index < -0.39 is 0 Å². The third-order valence-electron chi connectivity index (χ3n) is 5.92. The summed E-state index contributed by atoms with van der Waals surface area (Å²) in [6.45, 7) is 2.17. The SMILES string of the molecule is Cc1ccc2ocnc2c1-c1n(C2CCCCC2)c2ccccc2[n+]1C. The molecule has 4 aromatic rings. The second kappa shape index (κ2) is 5.97. The quantitative estimate of drug-likeness (QED) is 0.474. The van der Waals surface area contributed by atoms with Crippen molar-refractivity contribution in [1.29, 1.82) is 0 Å². The molecular formula is C22H24N3O+. The number of para-hydroxylation sites is 2. The van der Waals surface area contributed by atoms with Crippen LogP contribution >= 0.6 is 0 Å². The van der Waals surface area contributed by atoms with Gasteiger partial charge in [-0.2, -0.15) is 0 Å². The van der Waals surface area contributed by atoms with Crippen molar-refractivity contribution in [3.8, 4) is 11.4 Å². The van der Waals surface area contributed by atoms with Crippen molar-refractivity contribution >= 4 is 22.1 Å². The molecule has 1 aliphatic rings. The van der Waals surface area contributed by atoms with Gasteiger partial charge in [-0.05, 0) is 56.4 Å². The Morgan fingerprint density at radius 2 is 1.88 bits per heavy atom. The monoisotopic (exact) mass is 346 g/mol. The Morgan fingerprint density at radius 3 is 2.73 bits per heavy atom. The van der Waals surface area contributed by atoms with E-state index in [0.29, 0.717) is 6.04 Å². The third kappa shape index (κ3) is 2.21. The van der Waals surface area contributed by atoms with Crippen molar-refractivity contribution in [2.24, 2.45) is 7.05 Å². The topological polar surface area (TPSA) is 34.8 Å². The van der Waals surface area contributed by atoms with Gasteiger partial charge in [-0.1, -0.05) is 24.6 Å². The lowest BCUT2D eigenvalue weighted by atomic mass is 9.94. The van der Waals surface area contributed by atoms with Crippen LogP contribution < -0.4 is 4.57 Å². The summed E-state index contributed by atoms with van der Waals surface area (Å²) in [5, 5.41) is 0. The van der Waals surface area contributed by atoms with Crippen LogP contribution in [-0.2, 0) is 7.05 Å². The fourth-order valence-corrected chi connectivity index (χ4v) is 4.65. The molecule has 2 heterocycles. The Hall–Kier alpha value is -2.62. The molecule has 0 amide bonds. The zero-order chi connectivity index (χ0) is 17.7. The van der Waals surface area contributed by atoms with Gasteiger partial charge in [0.25, 0.3) is 5.82 Å². The summed E-state index contributed by atoms with van der Waals surface area (Å²) in [6.07, 6.45) is 8.04. The van der Waals surface area contributed by atoms with Crippen LogP contribution in [0.3, 0.4) is 0 Å². The molecule has 2 aromatic heterocycles. The summed E-state index contributed by atoms with van der Waals surface area (Å²) in [5.41, 5.74) is 6.83. The minimum atomic E-state index is 0.548. The molecule has 5 rings (SSSR count). The molecule has 132 valence electrons. The average Bonchev–Trinajstić information content (AvgIpc) is 3.26. The second-order valence-corrected chi connectivity index (χ2v) is 7.49. The number of rotatable bonds is 2. The molecule has 0 saturated heterocycles. The van der Waals surface area contributed by atoms with E-state index in [1.807, 2.05) is 6.07 Å². The van der Waals surface area contributed by atoms with Crippen LogP contribution in [0.2, 0.25) is 0 Å². The molecule has 0 aliphatic heterocycles. The van der Waals surface area contributed by atoms with Gasteiger partial charge in [-0.3, -0.25) is 0 Å². The standard InChI is InChI=1S/C22H24N3O/c1-15-12-13-19-21(23-14-26-19)20(15)22-24(2)17-10-6-7-11-18(17)25(22)16-8-4-3-5-9-16/h6-7,10-14,16H,3-5,8-9H2,1-2H3/q+1. The molecule has 1 aliphatic carbocycles. The number of aromatic nitrogens is 3. The Kier molecular flexibility index (Phi) is 3.59. The van der Waals surface area contributed by atoms with Gasteiger partial charge in [0.2, 0.25) is 0 Å². The zero-order valence-corrected chi connectivity index (χ0v) is 15.4. The summed E-state index contributed by atoms with van der Waals surface area (Å²) in [4.78, 5) is 4.56. The highest BCUT2D eigenvalue weighted by molar-refractivity contribution is 5.91. The van der Waals surface area contributed by atoms with E-state index in [9.17, 15) is 0 Å². The molecule has 0 bridgehead atoms. The summed E-state index contributed by atoms with van der Waals surface area (Å²) in [7, 11) is 2.18. The van der Waals surface area contributed by atoms with Gasteiger partial charge in [0.05, 0.1) is 12.6 Å². The maximum atomic E-state index is 5.60. The van der Waals surface area contributed by atoms with E-state index >= 15 is 0 Å². The summed E-state index contributed by atoms with van der Waals surface area (Å²) in [6, 6.07) is 13.5. The molecule has 0 N–H and O–H groups in total. The third-order valence-corrected chi connectivity index (χ3v) is 5.92. The van der Waals surface area contributed by atoms with Gasteiger partial charge in [0.15, 0.2) is 23.0 Å². The van der Waals surface area contributed by atoms with Gasteiger partial charge in [-0.25, -0.2) is 14.1 Å². The smallest absolute Gasteiger partial charge is 0.292 e. The molecular weight excluding hydrogens is 322 g/mol. The predicted octanol–water partition coefficient (Wildman–Crippen LogP) is 5.09. The molecule has 1 saturated carbocycles. The van der Waals surface area contributed by atoms with Crippen LogP contribution in [0.4, 0.5) is 0 Å². The van der Waals surface area contributed by atoms with E-state index in [4.69, 9.17) is 4.42 Å². The van der Waals surface area contributed by atoms with Gasteiger partial charge < -0.3 is 4.42 Å². The Balaban J connectivity index is 1.88.